The van der Waals surface area contributed by atoms with Gasteiger partial charge in [0.25, 0.3) is 0 Å². The summed E-state index contributed by atoms with van der Waals surface area (Å²) in [5.74, 6) is -1.26. The van der Waals surface area contributed by atoms with Gasteiger partial charge < -0.3 is 36.4 Å². The van der Waals surface area contributed by atoms with E-state index in [1.807, 2.05) is 0 Å². The Morgan fingerprint density at radius 2 is 1.22 bits per heavy atom. The normalized spacial score (nSPS) is 12.1. The van der Waals surface area contributed by atoms with Crippen molar-refractivity contribution in [3.05, 3.63) is 23.8 Å². The molecule has 0 spiro atoms. The summed E-state index contributed by atoms with van der Waals surface area (Å²) in [4.78, 5) is 21.6. The molecule has 0 radical (unpaired) electrons. The van der Waals surface area contributed by atoms with E-state index >= 15 is 0 Å². The van der Waals surface area contributed by atoms with Crippen LogP contribution in [0.2, 0.25) is 12.1 Å². The van der Waals surface area contributed by atoms with Crippen LogP contribution in [0.25, 0.3) is 0 Å². The summed E-state index contributed by atoms with van der Waals surface area (Å²) >= 11 is 0. The van der Waals surface area contributed by atoms with Gasteiger partial charge in [0, 0.05) is 65.9 Å². The molecular formula is C20H40O10Si2. The minimum Gasteiger partial charge on any atom is -0.478 e. The molecule has 0 aromatic rings. The lowest BCUT2D eigenvalue weighted by molar-refractivity contribution is -0.139. The number of rotatable bonds is 16. The zero-order valence-corrected chi connectivity index (χ0v) is 22.6. The second-order valence-corrected chi connectivity index (χ2v) is 12.9. The van der Waals surface area contributed by atoms with E-state index in [0.717, 1.165) is 6.42 Å². The van der Waals surface area contributed by atoms with Crippen molar-refractivity contribution in [1.29, 1.82) is 0 Å². The summed E-state index contributed by atoms with van der Waals surface area (Å²) in [6.45, 7) is 7.00. The molecule has 32 heavy (non-hydrogen) atoms. The van der Waals surface area contributed by atoms with E-state index < -0.39 is 23.6 Å². The molecule has 188 valence electrons. The lowest BCUT2D eigenvalue weighted by Gasteiger charge is -2.24. The second-order valence-electron chi connectivity index (χ2n) is 6.70. The highest BCUT2D eigenvalue weighted by Gasteiger charge is 2.37. The van der Waals surface area contributed by atoms with Crippen LogP contribution in [0, 0.1) is 0 Å². The lowest BCUT2D eigenvalue weighted by atomic mass is 10.2. The Balaban J connectivity index is 0. The van der Waals surface area contributed by atoms with Gasteiger partial charge in [-0.3, -0.25) is 0 Å². The molecule has 0 saturated carbocycles. The highest BCUT2D eigenvalue weighted by Crippen LogP contribution is 2.17. The smallest absolute Gasteiger partial charge is 0.478 e. The summed E-state index contributed by atoms with van der Waals surface area (Å²) in [6, 6.07) is 1.29. The van der Waals surface area contributed by atoms with Crippen LogP contribution in [0.15, 0.2) is 23.8 Å². The fourth-order valence-corrected chi connectivity index (χ4v) is 5.85. The number of hydrogen-bond acceptors (Lipinski definition) is 9. The Kier molecular flexibility index (Phi) is 18.5. The average Bonchev–Trinajstić information content (AvgIpc) is 2.80. The molecule has 0 atom stereocenters. The van der Waals surface area contributed by atoms with E-state index in [1.165, 1.54) is 0 Å². The van der Waals surface area contributed by atoms with Gasteiger partial charge in [-0.2, -0.15) is 0 Å². The van der Waals surface area contributed by atoms with Crippen LogP contribution >= 0.6 is 0 Å². The van der Waals surface area contributed by atoms with E-state index in [0.29, 0.717) is 42.7 Å². The molecule has 0 saturated heterocycles. The van der Waals surface area contributed by atoms with Gasteiger partial charge in [-0.25, -0.2) is 9.59 Å². The minimum atomic E-state index is -2.53. The van der Waals surface area contributed by atoms with Crippen molar-refractivity contribution in [3.63, 3.8) is 0 Å². The minimum absolute atomic E-state index is 0.316. The van der Waals surface area contributed by atoms with Gasteiger partial charge in [0.15, 0.2) is 0 Å². The number of carboxylic acid groups (broad SMARTS) is 1. The van der Waals surface area contributed by atoms with E-state index in [2.05, 4.69) is 6.58 Å². The first kappa shape index (κ1) is 32.8. The van der Waals surface area contributed by atoms with Crippen molar-refractivity contribution in [2.24, 2.45) is 0 Å². The highest BCUT2D eigenvalue weighted by atomic mass is 28.4. The predicted molar refractivity (Wildman–Crippen MR) is 124 cm³/mol. The Morgan fingerprint density at radius 1 is 0.812 bits per heavy atom. The Bertz CT molecular complexity index is 570. The quantitative estimate of drug-likeness (QED) is 0.148. The zero-order chi connectivity index (χ0) is 25.2. The van der Waals surface area contributed by atoms with Crippen LogP contribution in [-0.2, 0) is 40.9 Å². The van der Waals surface area contributed by atoms with Crippen LogP contribution < -0.4 is 0 Å². The average molecular weight is 497 g/mol. The van der Waals surface area contributed by atoms with E-state index in [-0.39, 0.29) is 5.97 Å². The molecule has 0 amide bonds. The number of aliphatic carboxylic acids is 1. The third-order valence-electron chi connectivity index (χ3n) is 4.55. The molecule has 0 rings (SSSR count). The molecule has 0 fully saturated rings. The summed E-state index contributed by atoms with van der Waals surface area (Å²) in [5.41, 5.74) is 0.758. The predicted octanol–water partition coefficient (Wildman–Crippen LogP) is 3.05. The Morgan fingerprint density at radius 3 is 1.56 bits per heavy atom. The van der Waals surface area contributed by atoms with Gasteiger partial charge in [-0.1, -0.05) is 12.7 Å². The maximum atomic E-state index is 11.1. The summed E-state index contributed by atoms with van der Waals surface area (Å²) in [7, 11) is 4.34. The largest absolute Gasteiger partial charge is 0.500 e. The number of ether oxygens (including phenoxy) is 1. The Labute approximate surface area is 194 Å². The number of esters is 1. The second kappa shape index (κ2) is 18.1. The van der Waals surface area contributed by atoms with Gasteiger partial charge >= 0.3 is 29.5 Å². The van der Waals surface area contributed by atoms with Gasteiger partial charge in [0.2, 0.25) is 0 Å². The first-order valence-corrected chi connectivity index (χ1v) is 13.9. The molecule has 0 unspecified atom stereocenters. The molecule has 0 aliphatic rings. The van der Waals surface area contributed by atoms with Gasteiger partial charge in [0.1, 0.15) is 0 Å². The molecule has 0 bridgehead atoms. The number of carboxylic acids is 1. The third kappa shape index (κ3) is 13.2. The molecule has 1 N–H and O–H groups in total. The Hall–Kier alpha value is -1.39. The van der Waals surface area contributed by atoms with Crippen LogP contribution in [-0.4, -0.2) is 83.9 Å². The van der Waals surface area contributed by atoms with Crippen molar-refractivity contribution in [2.45, 2.75) is 45.2 Å². The molecular weight excluding hydrogens is 456 g/mol. The van der Waals surface area contributed by atoms with Crippen LogP contribution in [0.5, 0.6) is 0 Å². The SMILES string of the molecule is C=C(C)C(=O)OCCC[Si](OC)(OC)OC.CO[Si](CCCC=C(C)C(=O)O)(OC)OC. The van der Waals surface area contributed by atoms with E-state index in [1.54, 1.807) is 62.6 Å². The fraction of sp³-hybridized carbons (Fsp3) is 0.700. The van der Waals surface area contributed by atoms with Gasteiger partial charge in [-0.05, 0) is 33.1 Å². The summed E-state index contributed by atoms with van der Waals surface area (Å²) < 4.78 is 36.4. The molecule has 12 heteroatoms. The van der Waals surface area contributed by atoms with E-state index in [4.69, 9.17) is 36.4 Å². The molecule has 0 aromatic carbocycles. The van der Waals surface area contributed by atoms with Crippen molar-refractivity contribution < 1.29 is 46.0 Å². The molecule has 0 aromatic heterocycles. The molecule has 0 heterocycles. The number of carbonyl (C=O) groups excluding carboxylic acids is 1. The number of hydrogen-bond donors (Lipinski definition) is 1. The van der Waals surface area contributed by atoms with Crippen LogP contribution in [0.3, 0.4) is 0 Å². The summed E-state index contributed by atoms with van der Waals surface area (Å²) in [5, 5.41) is 8.65. The third-order valence-corrected chi connectivity index (χ3v) is 10.2. The van der Waals surface area contributed by atoms with Crippen LogP contribution in [0.1, 0.15) is 33.1 Å². The highest BCUT2D eigenvalue weighted by molar-refractivity contribution is 6.60. The van der Waals surface area contributed by atoms with Gasteiger partial charge in [0.05, 0.1) is 6.61 Å². The zero-order valence-electron chi connectivity index (χ0n) is 20.6. The molecule has 0 aliphatic heterocycles. The fourth-order valence-electron chi connectivity index (χ4n) is 2.41. The number of carbonyl (C=O) groups is 2. The van der Waals surface area contributed by atoms with Gasteiger partial charge in [-0.15, -0.1) is 0 Å². The lowest BCUT2D eigenvalue weighted by Crippen LogP contribution is -2.42. The first-order chi connectivity index (χ1) is 15.0. The monoisotopic (exact) mass is 496 g/mol. The maximum absolute atomic E-state index is 11.1. The van der Waals surface area contributed by atoms with Crippen molar-refractivity contribution in [3.8, 4) is 0 Å². The number of allylic oxidation sites excluding steroid dienone is 1. The van der Waals surface area contributed by atoms with Crippen LogP contribution in [0.4, 0.5) is 0 Å². The van der Waals surface area contributed by atoms with Crippen molar-refractivity contribution >= 4 is 29.5 Å². The molecule has 10 nitrogen and oxygen atoms in total. The van der Waals surface area contributed by atoms with Crippen molar-refractivity contribution in [2.75, 3.05) is 49.3 Å². The standard InChI is InChI=1S/2C10H20O5Si/c1-9(2)10(11)15-7-6-8-16(12-3,13-4)14-5;1-9(10(11)12)7-5-6-8-16(13-2,14-3)15-4/h1,6-8H2,2-5H3;7H,5-6,8H2,1-4H3,(H,11,12). The maximum Gasteiger partial charge on any atom is 0.500 e. The van der Waals surface area contributed by atoms with Crippen molar-refractivity contribution in [1.82, 2.24) is 0 Å². The first-order valence-electron chi connectivity index (χ1n) is 10.1. The number of unbranched alkanes of at least 4 members (excludes halogenated alkanes) is 1. The summed E-state index contributed by atoms with van der Waals surface area (Å²) in [6.07, 6.45) is 3.80. The molecule has 0 aliphatic carbocycles. The topological polar surface area (TPSA) is 119 Å². The van der Waals surface area contributed by atoms with E-state index in [9.17, 15) is 9.59 Å².